The van der Waals surface area contributed by atoms with Crippen molar-refractivity contribution in [3.8, 4) is 5.69 Å². The number of thioether (sulfide) groups is 1. The van der Waals surface area contributed by atoms with E-state index in [0.29, 0.717) is 11.6 Å². The first-order valence-electron chi connectivity index (χ1n) is 9.45. The van der Waals surface area contributed by atoms with Gasteiger partial charge in [0, 0.05) is 16.4 Å². The van der Waals surface area contributed by atoms with Crippen molar-refractivity contribution in [2.45, 2.75) is 25.4 Å². The van der Waals surface area contributed by atoms with Crippen LogP contribution in [-0.4, -0.2) is 31.6 Å². The molecule has 0 bridgehead atoms. The largest absolute Gasteiger partial charge is 0.351 e. The maximum absolute atomic E-state index is 12.4. The zero-order valence-corrected chi connectivity index (χ0v) is 19.0. The Labute approximate surface area is 187 Å². The molecular weight excluding hydrogens is 462 g/mol. The number of carbonyl (C=O) groups is 1. The smallest absolute Gasteiger partial charge is 0.230 e. The Balaban J connectivity index is 1.51. The van der Waals surface area contributed by atoms with Crippen LogP contribution in [0, 0.1) is 13.8 Å². The Bertz CT molecular complexity index is 1210. The van der Waals surface area contributed by atoms with E-state index in [1.165, 1.54) is 11.8 Å². The highest BCUT2D eigenvalue weighted by molar-refractivity contribution is 9.10. The van der Waals surface area contributed by atoms with Gasteiger partial charge in [0.2, 0.25) is 5.91 Å². The van der Waals surface area contributed by atoms with Gasteiger partial charge in [-0.1, -0.05) is 58.0 Å². The minimum atomic E-state index is -0.0604. The lowest BCUT2D eigenvalue weighted by Gasteiger charge is -2.06. The number of fused-ring (bicyclic) bond motifs is 1. The number of amides is 1. The number of para-hydroxylation sites is 1. The van der Waals surface area contributed by atoms with E-state index in [0.717, 1.165) is 38.0 Å². The van der Waals surface area contributed by atoms with Crippen LogP contribution in [0.3, 0.4) is 0 Å². The molecule has 0 aliphatic rings. The number of rotatable bonds is 6. The van der Waals surface area contributed by atoms with Crippen molar-refractivity contribution in [2.75, 3.05) is 5.75 Å². The van der Waals surface area contributed by atoms with Gasteiger partial charge in [-0.3, -0.25) is 4.79 Å². The summed E-state index contributed by atoms with van der Waals surface area (Å²) in [5.74, 6) is 0.188. The maximum Gasteiger partial charge on any atom is 0.230 e. The molecule has 0 spiro atoms. The van der Waals surface area contributed by atoms with Gasteiger partial charge < -0.3 is 5.32 Å². The van der Waals surface area contributed by atoms with Crippen LogP contribution in [-0.2, 0) is 11.3 Å². The van der Waals surface area contributed by atoms with Crippen molar-refractivity contribution in [3.05, 3.63) is 76.0 Å². The first-order valence-corrected chi connectivity index (χ1v) is 11.2. The molecule has 2 heterocycles. The van der Waals surface area contributed by atoms with Gasteiger partial charge in [-0.25, -0.2) is 4.68 Å². The topological polar surface area (TPSA) is 72.7 Å². The zero-order chi connectivity index (χ0) is 21.1. The fraction of sp³-hybridized carbons (Fsp3) is 0.182. The molecule has 8 heteroatoms. The highest BCUT2D eigenvalue weighted by Gasteiger charge is 2.18. The van der Waals surface area contributed by atoms with Gasteiger partial charge in [-0.15, -0.1) is 5.10 Å². The molecule has 1 amide bonds. The third-order valence-electron chi connectivity index (χ3n) is 4.69. The van der Waals surface area contributed by atoms with Crippen molar-refractivity contribution in [2.24, 2.45) is 0 Å². The molecule has 0 fully saturated rings. The molecule has 2 aromatic heterocycles. The van der Waals surface area contributed by atoms with Crippen molar-refractivity contribution in [3.63, 3.8) is 0 Å². The van der Waals surface area contributed by atoms with Crippen LogP contribution in [0.4, 0.5) is 0 Å². The summed E-state index contributed by atoms with van der Waals surface area (Å²) in [7, 11) is 0. The molecule has 2 aromatic carbocycles. The van der Waals surface area contributed by atoms with E-state index in [-0.39, 0.29) is 11.7 Å². The highest BCUT2D eigenvalue weighted by atomic mass is 79.9. The normalized spacial score (nSPS) is 11.0. The second kappa shape index (κ2) is 8.97. The number of halogens is 1. The zero-order valence-electron chi connectivity index (χ0n) is 16.6. The summed E-state index contributed by atoms with van der Waals surface area (Å²) in [4.78, 5) is 12.4. The summed E-state index contributed by atoms with van der Waals surface area (Å²) in [5.41, 5.74) is 4.62. The summed E-state index contributed by atoms with van der Waals surface area (Å²) in [5, 5.41) is 18.0. The number of aromatic nitrogens is 4. The van der Waals surface area contributed by atoms with Gasteiger partial charge in [0.1, 0.15) is 10.5 Å². The molecule has 4 rings (SSSR count). The Morgan fingerprint density at radius 2 is 1.90 bits per heavy atom. The van der Waals surface area contributed by atoms with Crippen molar-refractivity contribution in [1.29, 1.82) is 0 Å². The van der Waals surface area contributed by atoms with Crippen LogP contribution >= 0.6 is 27.7 Å². The molecule has 0 unspecified atom stereocenters. The van der Waals surface area contributed by atoms with E-state index in [2.05, 4.69) is 31.4 Å². The molecule has 30 heavy (non-hydrogen) atoms. The maximum atomic E-state index is 12.4. The SMILES string of the molecule is Cc1nnc(SCC(=O)NCc2cccc(Br)c2)c2nn(-c3ccccc3)c(C)c12. The predicted octanol–water partition coefficient (Wildman–Crippen LogP) is 4.60. The van der Waals surface area contributed by atoms with E-state index in [1.807, 2.05) is 73.1 Å². The monoisotopic (exact) mass is 481 g/mol. The van der Waals surface area contributed by atoms with E-state index in [1.54, 1.807) is 0 Å². The third-order valence-corrected chi connectivity index (χ3v) is 6.14. The molecule has 0 radical (unpaired) electrons. The van der Waals surface area contributed by atoms with Crippen LogP contribution < -0.4 is 5.32 Å². The van der Waals surface area contributed by atoms with E-state index in [9.17, 15) is 4.79 Å². The van der Waals surface area contributed by atoms with E-state index >= 15 is 0 Å². The quantitative estimate of drug-likeness (QED) is 0.407. The van der Waals surface area contributed by atoms with Gasteiger partial charge in [0.05, 0.1) is 22.8 Å². The standard InChI is InChI=1S/C22H20BrN5OS/c1-14-20-15(2)28(18-9-4-3-5-10-18)27-21(20)22(26-25-14)30-13-19(29)24-12-16-7-6-8-17(23)11-16/h3-11H,12-13H2,1-2H3,(H,24,29). The lowest BCUT2D eigenvalue weighted by molar-refractivity contribution is -0.118. The predicted molar refractivity (Wildman–Crippen MR) is 123 cm³/mol. The third kappa shape index (κ3) is 4.39. The number of carbonyl (C=O) groups excluding carboxylic acids is 1. The second-order valence-electron chi connectivity index (χ2n) is 6.84. The molecule has 4 aromatic rings. The fourth-order valence-corrected chi connectivity index (χ4v) is 4.45. The average Bonchev–Trinajstić information content (AvgIpc) is 3.11. The van der Waals surface area contributed by atoms with Crippen LogP contribution in [0.2, 0.25) is 0 Å². The minimum absolute atomic E-state index is 0.0604. The fourth-order valence-electron chi connectivity index (χ4n) is 3.25. The van der Waals surface area contributed by atoms with Gasteiger partial charge in [0.25, 0.3) is 0 Å². The number of aryl methyl sites for hydroxylation is 2. The summed E-state index contributed by atoms with van der Waals surface area (Å²) in [6.45, 7) is 4.43. The summed E-state index contributed by atoms with van der Waals surface area (Å²) < 4.78 is 2.89. The molecule has 0 aliphatic heterocycles. The van der Waals surface area contributed by atoms with Crippen LogP contribution in [0.15, 0.2) is 64.1 Å². The summed E-state index contributed by atoms with van der Waals surface area (Å²) in [6, 6.07) is 17.8. The van der Waals surface area contributed by atoms with Gasteiger partial charge in [-0.2, -0.15) is 10.2 Å². The van der Waals surface area contributed by atoms with E-state index in [4.69, 9.17) is 5.10 Å². The first-order chi connectivity index (χ1) is 14.5. The Morgan fingerprint density at radius 3 is 2.67 bits per heavy atom. The van der Waals surface area contributed by atoms with Crippen LogP contribution in [0.5, 0.6) is 0 Å². The van der Waals surface area contributed by atoms with E-state index < -0.39 is 0 Å². The van der Waals surface area contributed by atoms with Crippen molar-refractivity contribution >= 4 is 44.5 Å². The Hall–Kier alpha value is -2.71. The van der Waals surface area contributed by atoms with Crippen LogP contribution in [0.1, 0.15) is 17.0 Å². The summed E-state index contributed by atoms with van der Waals surface area (Å²) >= 11 is 4.79. The van der Waals surface area contributed by atoms with Gasteiger partial charge in [0.15, 0.2) is 0 Å². The minimum Gasteiger partial charge on any atom is -0.351 e. The molecule has 1 N–H and O–H groups in total. The lowest BCUT2D eigenvalue weighted by atomic mass is 10.2. The van der Waals surface area contributed by atoms with Gasteiger partial charge >= 0.3 is 0 Å². The average molecular weight is 482 g/mol. The Morgan fingerprint density at radius 1 is 1.10 bits per heavy atom. The molecule has 152 valence electrons. The molecule has 0 aliphatic carbocycles. The number of benzene rings is 2. The number of nitrogens with zero attached hydrogens (tertiary/aromatic N) is 4. The number of hydrogen-bond acceptors (Lipinski definition) is 5. The number of hydrogen-bond donors (Lipinski definition) is 1. The van der Waals surface area contributed by atoms with Crippen molar-refractivity contribution in [1.82, 2.24) is 25.3 Å². The van der Waals surface area contributed by atoms with Crippen molar-refractivity contribution < 1.29 is 4.79 Å². The Kier molecular flexibility index (Phi) is 6.15. The first kappa shape index (κ1) is 20.6. The lowest BCUT2D eigenvalue weighted by Crippen LogP contribution is -2.24. The molecule has 0 saturated carbocycles. The van der Waals surface area contributed by atoms with Gasteiger partial charge in [-0.05, 0) is 43.7 Å². The molecular formula is C22H20BrN5OS. The molecule has 6 nitrogen and oxygen atoms in total. The number of nitrogens with one attached hydrogen (secondary N) is 1. The molecule has 0 saturated heterocycles. The summed E-state index contributed by atoms with van der Waals surface area (Å²) in [6.07, 6.45) is 0. The second-order valence-corrected chi connectivity index (χ2v) is 8.72. The molecule has 0 atom stereocenters. The van der Waals surface area contributed by atoms with Crippen LogP contribution in [0.25, 0.3) is 16.6 Å². The highest BCUT2D eigenvalue weighted by Crippen LogP contribution is 2.29.